The minimum atomic E-state index is -0.566. The van der Waals surface area contributed by atoms with Crippen LogP contribution in [0.5, 0.6) is 5.75 Å². The Hall–Kier alpha value is -3.26. The minimum absolute atomic E-state index is 0.213. The van der Waals surface area contributed by atoms with Gasteiger partial charge < -0.3 is 9.84 Å². The molecule has 1 unspecified atom stereocenters. The summed E-state index contributed by atoms with van der Waals surface area (Å²) in [5.74, 6) is 0.363. The molecule has 1 N–H and O–H groups in total. The van der Waals surface area contributed by atoms with Crippen LogP contribution >= 0.6 is 0 Å². The van der Waals surface area contributed by atoms with E-state index in [9.17, 15) is 14.7 Å². The zero-order valence-electron chi connectivity index (χ0n) is 20.9. The van der Waals surface area contributed by atoms with Gasteiger partial charge in [0.05, 0.1) is 0 Å². The van der Waals surface area contributed by atoms with Crippen molar-refractivity contribution < 1.29 is 19.4 Å². The van der Waals surface area contributed by atoms with Crippen molar-refractivity contribution in [2.24, 2.45) is 0 Å². The summed E-state index contributed by atoms with van der Waals surface area (Å²) in [6, 6.07) is 17.3. The fraction of sp³-hybridized carbons (Fsp3) is 0.379. The van der Waals surface area contributed by atoms with Gasteiger partial charge in [0.25, 0.3) is 11.8 Å². The summed E-state index contributed by atoms with van der Waals surface area (Å²) in [4.78, 5) is 32.1. The maximum atomic E-state index is 13.1. The molecule has 3 aromatic rings. The Labute approximate surface area is 211 Å². The molecule has 7 nitrogen and oxygen atoms in total. The van der Waals surface area contributed by atoms with Crippen molar-refractivity contribution in [1.29, 1.82) is 0 Å². The van der Waals surface area contributed by atoms with E-state index in [2.05, 4.69) is 15.9 Å². The molecule has 0 aromatic heterocycles. The standard InChI is InChI=1S/C29H33N3O4/c1-20-15-21(2)17-24(16-20)36-19-23(33)18-31-11-9-30(10-12-31)13-14-32-28(34)25-7-3-5-22-6-4-8-26(27(22)25)29(32)35/h3-8,15-17,23,33H,9-14,18-19H2,1-2H3. The van der Waals surface area contributed by atoms with E-state index in [4.69, 9.17) is 4.74 Å². The summed E-state index contributed by atoms with van der Waals surface area (Å²) in [5, 5.41) is 12.2. The van der Waals surface area contributed by atoms with Gasteiger partial charge in [-0.05, 0) is 54.6 Å². The van der Waals surface area contributed by atoms with Crippen LogP contribution < -0.4 is 4.74 Å². The molecule has 0 aliphatic carbocycles. The average Bonchev–Trinajstić information content (AvgIpc) is 2.86. The molecule has 0 radical (unpaired) electrons. The van der Waals surface area contributed by atoms with Crippen LogP contribution in [0.4, 0.5) is 0 Å². The topological polar surface area (TPSA) is 73.3 Å². The summed E-state index contributed by atoms with van der Waals surface area (Å²) in [6.07, 6.45) is -0.566. The Balaban J connectivity index is 1.09. The minimum Gasteiger partial charge on any atom is -0.491 e. The summed E-state index contributed by atoms with van der Waals surface area (Å²) < 4.78 is 5.81. The Morgan fingerprint density at radius 2 is 1.42 bits per heavy atom. The van der Waals surface area contributed by atoms with E-state index in [0.29, 0.717) is 30.8 Å². The van der Waals surface area contributed by atoms with Crippen LogP contribution in [0.15, 0.2) is 54.6 Å². The molecule has 0 saturated carbocycles. The fourth-order valence-electron chi connectivity index (χ4n) is 5.28. The van der Waals surface area contributed by atoms with Gasteiger partial charge in [-0.3, -0.25) is 24.3 Å². The third-order valence-electron chi connectivity index (χ3n) is 7.07. The number of β-amino-alcohol motifs (C(OH)–C–C–N with tert-alkyl or cyclic N) is 1. The van der Waals surface area contributed by atoms with Gasteiger partial charge in [0.2, 0.25) is 0 Å². The van der Waals surface area contributed by atoms with Crippen LogP contribution in [0.2, 0.25) is 0 Å². The predicted octanol–water partition coefficient (Wildman–Crippen LogP) is 3.11. The van der Waals surface area contributed by atoms with Crippen LogP contribution in [0.3, 0.4) is 0 Å². The third-order valence-corrected chi connectivity index (χ3v) is 7.07. The third kappa shape index (κ3) is 5.14. The van der Waals surface area contributed by atoms with Crippen LogP contribution in [0.1, 0.15) is 31.8 Å². The van der Waals surface area contributed by atoms with Gasteiger partial charge in [-0.25, -0.2) is 0 Å². The number of rotatable bonds is 8. The maximum Gasteiger partial charge on any atom is 0.261 e. The van der Waals surface area contributed by atoms with Crippen molar-refractivity contribution in [3.8, 4) is 5.75 Å². The van der Waals surface area contributed by atoms with Gasteiger partial charge in [0.15, 0.2) is 0 Å². The summed E-state index contributed by atoms with van der Waals surface area (Å²) in [7, 11) is 0. The second-order valence-corrected chi connectivity index (χ2v) is 9.90. The normalized spacial score (nSPS) is 17.6. The van der Waals surface area contributed by atoms with Gasteiger partial charge in [-0.15, -0.1) is 0 Å². The number of aliphatic hydroxyl groups excluding tert-OH is 1. The molecule has 1 saturated heterocycles. The first kappa shape index (κ1) is 24.4. The number of hydrogen-bond acceptors (Lipinski definition) is 6. The van der Waals surface area contributed by atoms with Crippen molar-refractivity contribution in [2.75, 3.05) is 52.4 Å². The number of carbonyl (C=O) groups is 2. The molecule has 0 bridgehead atoms. The lowest BCUT2D eigenvalue weighted by atomic mass is 9.94. The van der Waals surface area contributed by atoms with Crippen LogP contribution in [0.25, 0.3) is 10.8 Å². The Bertz CT molecular complexity index is 1210. The highest BCUT2D eigenvalue weighted by Crippen LogP contribution is 2.29. The molecule has 2 amide bonds. The molecule has 2 aliphatic rings. The summed E-state index contributed by atoms with van der Waals surface area (Å²) >= 11 is 0. The van der Waals surface area contributed by atoms with Crippen LogP contribution in [-0.2, 0) is 0 Å². The molecule has 1 fully saturated rings. The van der Waals surface area contributed by atoms with Gasteiger partial charge in [-0.2, -0.15) is 0 Å². The smallest absolute Gasteiger partial charge is 0.261 e. The van der Waals surface area contributed by atoms with Gasteiger partial charge in [-0.1, -0.05) is 30.3 Å². The van der Waals surface area contributed by atoms with Crippen LogP contribution in [0, 0.1) is 13.8 Å². The average molecular weight is 488 g/mol. The number of aliphatic hydroxyl groups is 1. The highest BCUT2D eigenvalue weighted by Gasteiger charge is 2.33. The van der Waals surface area contributed by atoms with E-state index in [1.54, 1.807) is 0 Å². The molecular formula is C29H33N3O4. The molecule has 36 heavy (non-hydrogen) atoms. The zero-order valence-corrected chi connectivity index (χ0v) is 20.9. The van der Waals surface area contributed by atoms with Crippen LogP contribution in [-0.4, -0.2) is 90.1 Å². The molecule has 7 heteroatoms. The van der Waals surface area contributed by atoms with Crippen molar-refractivity contribution >= 4 is 22.6 Å². The van der Waals surface area contributed by atoms with E-state index in [0.717, 1.165) is 53.8 Å². The zero-order chi connectivity index (χ0) is 25.2. The highest BCUT2D eigenvalue weighted by molar-refractivity contribution is 6.25. The molecule has 2 aliphatic heterocycles. The monoisotopic (exact) mass is 487 g/mol. The molecule has 188 valence electrons. The lowest BCUT2D eigenvalue weighted by molar-refractivity contribution is 0.0416. The van der Waals surface area contributed by atoms with Crippen molar-refractivity contribution in [2.45, 2.75) is 20.0 Å². The number of ether oxygens (including phenoxy) is 1. The SMILES string of the molecule is Cc1cc(C)cc(OCC(O)CN2CCN(CCN3C(=O)c4cccc5cccc(c45)C3=O)CC2)c1. The van der Waals surface area contributed by atoms with E-state index < -0.39 is 6.10 Å². The van der Waals surface area contributed by atoms with E-state index in [1.807, 2.05) is 62.4 Å². The highest BCUT2D eigenvalue weighted by atomic mass is 16.5. The number of benzene rings is 3. The Morgan fingerprint density at radius 1 is 0.833 bits per heavy atom. The molecule has 1 atom stereocenters. The number of nitrogens with zero attached hydrogens (tertiary/aromatic N) is 3. The lowest BCUT2D eigenvalue weighted by Crippen LogP contribution is -2.51. The molecular weight excluding hydrogens is 454 g/mol. The van der Waals surface area contributed by atoms with Crippen molar-refractivity contribution in [3.63, 3.8) is 0 Å². The number of piperazine rings is 1. The molecule has 5 rings (SSSR count). The first-order valence-electron chi connectivity index (χ1n) is 12.6. The number of aryl methyl sites for hydroxylation is 2. The summed E-state index contributed by atoms with van der Waals surface area (Å²) in [6.45, 7) is 9.20. The number of carbonyl (C=O) groups excluding carboxylic acids is 2. The molecule has 2 heterocycles. The van der Waals surface area contributed by atoms with Crippen molar-refractivity contribution in [3.05, 3.63) is 76.9 Å². The molecule has 3 aromatic carbocycles. The van der Waals surface area contributed by atoms with Gasteiger partial charge >= 0.3 is 0 Å². The molecule has 0 spiro atoms. The Morgan fingerprint density at radius 3 is 2.03 bits per heavy atom. The quantitative estimate of drug-likeness (QED) is 0.493. The largest absolute Gasteiger partial charge is 0.491 e. The van der Waals surface area contributed by atoms with Gasteiger partial charge in [0.1, 0.15) is 18.5 Å². The summed E-state index contributed by atoms with van der Waals surface area (Å²) in [5.41, 5.74) is 3.49. The van der Waals surface area contributed by atoms with Gasteiger partial charge in [0, 0.05) is 62.3 Å². The van der Waals surface area contributed by atoms with E-state index in [-0.39, 0.29) is 18.4 Å². The lowest BCUT2D eigenvalue weighted by Gasteiger charge is -2.36. The fourth-order valence-corrected chi connectivity index (χ4v) is 5.28. The second kappa shape index (κ2) is 10.4. The second-order valence-electron chi connectivity index (χ2n) is 9.90. The number of imide groups is 1. The maximum absolute atomic E-state index is 13.1. The van der Waals surface area contributed by atoms with Crippen molar-refractivity contribution in [1.82, 2.24) is 14.7 Å². The first-order chi connectivity index (χ1) is 17.4. The van der Waals surface area contributed by atoms with E-state index in [1.165, 1.54) is 4.90 Å². The Kier molecular flexibility index (Phi) is 7.05. The first-order valence-corrected chi connectivity index (χ1v) is 12.6. The number of hydrogen-bond donors (Lipinski definition) is 1. The predicted molar refractivity (Wildman–Crippen MR) is 140 cm³/mol. The van der Waals surface area contributed by atoms with E-state index >= 15 is 0 Å². The number of amides is 2.